The van der Waals surface area contributed by atoms with E-state index in [1.165, 1.54) is 0 Å². The second kappa shape index (κ2) is 3.58. The molecule has 12 heavy (non-hydrogen) atoms. The van der Waals surface area contributed by atoms with Gasteiger partial charge in [0.2, 0.25) is 0 Å². The summed E-state index contributed by atoms with van der Waals surface area (Å²) >= 11 is 0. The predicted octanol–water partition coefficient (Wildman–Crippen LogP) is 1.67. The zero-order valence-electron chi connectivity index (χ0n) is 8.34. The number of hydrogen-bond acceptors (Lipinski definition) is 2. The molecule has 0 amide bonds. The molecule has 0 aromatic rings. The van der Waals surface area contributed by atoms with Crippen molar-refractivity contribution in [1.82, 2.24) is 4.90 Å². The molecule has 0 bridgehead atoms. The van der Waals surface area contributed by atoms with E-state index in [1.54, 1.807) is 0 Å². The van der Waals surface area contributed by atoms with Crippen LogP contribution in [0.5, 0.6) is 0 Å². The van der Waals surface area contributed by atoms with E-state index in [1.807, 2.05) is 6.08 Å². The van der Waals surface area contributed by atoms with Gasteiger partial charge in [-0.2, -0.15) is 0 Å². The van der Waals surface area contributed by atoms with Crippen molar-refractivity contribution in [3.8, 4) is 0 Å². The van der Waals surface area contributed by atoms with Crippen LogP contribution < -0.4 is 0 Å². The standard InChI is InChI=1S/C10H19NO/c1-5-9-8-12-7-6-11(9)10(2,3)4/h5,9H,1,6-8H2,2-4H3/t9-/m1/s1. The molecule has 0 N–H and O–H groups in total. The maximum Gasteiger partial charge on any atom is 0.0658 e. The minimum absolute atomic E-state index is 0.225. The molecule has 2 heteroatoms. The largest absolute Gasteiger partial charge is 0.378 e. The molecule has 1 saturated heterocycles. The summed E-state index contributed by atoms with van der Waals surface area (Å²) in [6.45, 7) is 13.2. The maximum atomic E-state index is 5.39. The molecular formula is C10H19NO. The Morgan fingerprint density at radius 2 is 2.17 bits per heavy atom. The van der Waals surface area contributed by atoms with Gasteiger partial charge in [-0.25, -0.2) is 0 Å². The molecule has 1 aliphatic heterocycles. The zero-order valence-corrected chi connectivity index (χ0v) is 8.34. The summed E-state index contributed by atoms with van der Waals surface area (Å²) in [6, 6.07) is 0.388. The lowest BCUT2D eigenvalue weighted by Crippen LogP contribution is -2.53. The van der Waals surface area contributed by atoms with Gasteiger partial charge in [-0.3, -0.25) is 4.90 Å². The zero-order chi connectivity index (χ0) is 9.19. The number of morpholine rings is 1. The fourth-order valence-corrected chi connectivity index (χ4v) is 1.65. The summed E-state index contributed by atoms with van der Waals surface area (Å²) in [5.74, 6) is 0. The van der Waals surface area contributed by atoms with Gasteiger partial charge < -0.3 is 4.74 Å². The van der Waals surface area contributed by atoms with Crippen LogP contribution in [0, 0.1) is 0 Å². The van der Waals surface area contributed by atoms with E-state index in [2.05, 4.69) is 32.3 Å². The van der Waals surface area contributed by atoms with Crippen LogP contribution in [-0.2, 0) is 4.74 Å². The molecule has 0 spiro atoms. The van der Waals surface area contributed by atoms with Crippen LogP contribution in [0.3, 0.4) is 0 Å². The lowest BCUT2D eigenvalue weighted by Gasteiger charge is -2.43. The predicted molar refractivity (Wildman–Crippen MR) is 51.3 cm³/mol. The van der Waals surface area contributed by atoms with Crippen molar-refractivity contribution in [2.75, 3.05) is 19.8 Å². The molecule has 1 atom stereocenters. The molecule has 1 rings (SSSR count). The van der Waals surface area contributed by atoms with Crippen molar-refractivity contribution >= 4 is 0 Å². The maximum absolute atomic E-state index is 5.39. The first-order valence-corrected chi connectivity index (χ1v) is 4.53. The van der Waals surface area contributed by atoms with Crippen molar-refractivity contribution in [2.24, 2.45) is 0 Å². The summed E-state index contributed by atoms with van der Waals surface area (Å²) < 4.78 is 5.39. The normalized spacial score (nSPS) is 27.1. The van der Waals surface area contributed by atoms with E-state index >= 15 is 0 Å². The minimum Gasteiger partial charge on any atom is -0.378 e. The summed E-state index contributed by atoms with van der Waals surface area (Å²) in [5.41, 5.74) is 0.225. The highest BCUT2D eigenvalue weighted by molar-refractivity contribution is 4.94. The van der Waals surface area contributed by atoms with E-state index < -0.39 is 0 Å². The molecule has 0 unspecified atom stereocenters. The van der Waals surface area contributed by atoms with Crippen molar-refractivity contribution < 1.29 is 4.74 Å². The van der Waals surface area contributed by atoms with E-state index in [0.29, 0.717) is 6.04 Å². The molecule has 1 fully saturated rings. The molecule has 1 aliphatic rings. The lowest BCUT2D eigenvalue weighted by molar-refractivity contribution is -0.0318. The van der Waals surface area contributed by atoms with Crippen molar-refractivity contribution in [3.63, 3.8) is 0 Å². The average molecular weight is 169 g/mol. The molecule has 0 aliphatic carbocycles. The first-order chi connectivity index (χ1) is 5.55. The van der Waals surface area contributed by atoms with Crippen molar-refractivity contribution in [2.45, 2.75) is 32.4 Å². The summed E-state index contributed by atoms with van der Waals surface area (Å²) in [5, 5.41) is 0. The van der Waals surface area contributed by atoms with Crippen molar-refractivity contribution in [3.05, 3.63) is 12.7 Å². The van der Waals surface area contributed by atoms with E-state index in [9.17, 15) is 0 Å². The van der Waals surface area contributed by atoms with Crippen LogP contribution in [-0.4, -0.2) is 36.2 Å². The molecule has 70 valence electrons. The van der Waals surface area contributed by atoms with Gasteiger partial charge in [0, 0.05) is 12.1 Å². The molecule has 1 heterocycles. The van der Waals surface area contributed by atoms with Crippen LogP contribution in [0.4, 0.5) is 0 Å². The van der Waals surface area contributed by atoms with E-state index in [-0.39, 0.29) is 5.54 Å². The second-order valence-corrected chi connectivity index (χ2v) is 4.24. The summed E-state index contributed by atoms with van der Waals surface area (Å²) in [7, 11) is 0. The van der Waals surface area contributed by atoms with Gasteiger partial charge in [-0.1, -0.05) is 6.08 Å². The Bertz CT molecular complexity index is 160. The third kappa shape index (κ3) is 2.08. The number of ether oxygens (including phenoxy) is 1. The van der Waals surface area contributed by atoms with Gasteiger partial charge >= 0.3 is 0 Å². The third-order valence-corrected chi connectivity index (χ3v) is 2.30. The quantitative estimate of drug-likeness (QED) is 0.554. The molecule has 0 aromatic carbocycles. The first-order valence-electron chi connectivity index (χ1n) is 4.53. The van der Waals surface area contributed by atoms with Gasteiger partial charge in [0.25, 0.3) is 0 Å². The lowest BCUT2D eigenvalue weighted by atomic mass is 10.0. The smallest absolute Gasteiger partial charge is 0.0658 e. The van der Waals surface area contributed by atoms with Crippen LogP contribution in [0.1, 0.15) is 20.8 Å². The molecule has 0 radical (unpaired) electrons. The number of hydrogen-bond donors (Lipinski definition) is 0. The highest BCUT2D eigenvalue weighted by Gasteiger charge is 2.29. The van der Waals surface area contributed by atoms with Crippen LogP contribution in [0.15, 0.2) is 12.7 Å². The average Bonchev–Trinajstić information content (AvgIpc) is 2.03. The molecule has 0 saturated carbocycles. The van der Waals surface area contributed by atoms with Crippen LogP contribution in [0.2, 0.25) is 0 Å². The Kier molecular flexibility index (Phi) is 2.91. The number of rotatable bonds is 1. The Balaban J connectivity index is 2.65. The highest BCUT2D eigenvalue weighted by atomic mass is 16.5. The Morgan fingerprint density at radius 3 is 2.58 bits per heavy atom. The second-order valence-electron chi connectivity index (χ2n) is 4.24. The van der Waals surface area contributed by atoms with Gasteiger partial charge in [0.15, 0.2) is 0 Å². The van der Waals surface area contributed by atoms with E-state index in [0.717, 1.165) is 19.8 Å². The molecule has 0 aromatic heterocycles. The SMILES string of the molecule is C=C[C@@H]1COCCN1C(C)(C)C. The number of nitrogens with zero attached hydrogens (tertiary/aromatic N) is 1. The van der Waals surface area contributed by atoms with Gasteiger partial charge in [-0.15, -0.1) is 6.58 Å². The topological polar surface area (TPSA) is 12.5 Å². The minimum atomic E-state index is 0.225. The van der Waals surface area contributed by atoms with Crippen LogP contribution in [0.25, 0.3) is 0 Å². The van der Waals surface area contributed by atoms with Gasteiger partial charge in [-0.05, 0) is 20.8 Å². The highest BCUT2D eigenvalue weighted by Crippen LogP contribution is 2.19. The van der Waals surface area contributed by atoms with E-state index in [4.69, 9.17) is 4.74 Å². The molecular weight excluding hydrogens is 150 g/mol. The monoisotopic (exact) mass is 169 g/mol. The Morgan fingerprint density at radius 1 is 1.50 bits per heavy atom. The summed E-state index contributed by atoms with van der Waals surface area (Å²) in [4.78, 5) is 2.43. The molecule has 2 nitrogen and oxygen atoms in total. The fraction of sp³-hybridized carbons (Fsp3) is 0.800. The van der Waals surface area contributed by atoms with Crippen molar-refractivity contribution in [1.29, 1.82) is 0 Å². The summed E-state index contributed by atoms with van der Waals surface area (Å²) in [6.07, 6.45) is 1.98. The first kappa shape index (κ1) is 9.75. The van der Waals surface area contributed by atoms with Gasteiger partial charge in [0.1, 0.15) is 0 Å². The Labute approximate surface area is 75.2 Å². The van der Waals surface area contributed by atoms with Gasteiger partial charge in [0.05, 0.1) is 19.3 Å². The van der Waals surface area contributed by atoms with Crippen LogP contribution >= 0.6 is 0 Å². The fourth-order valence-electron chi connectivity index (χ4n) is 1.65. The Hall–Kier alpha value is -0.340. The third-order valence-electron chi connectivity index (χ3n) is 2.30.